The van der Waals surface area contributed by atoms with E-state index >= 15 is 0 Å². The van der Waals surface area contributed by atoms with Gasteiger partial charge in [0.25, 0.3) is 0 Å². The summed E-state index contributed by atoms with van der Waals surface area (Å²) in [5.41, 5.74) is 2.72. The summed E-state index contributed by atoms with van der Waals surface area (Å²) in [6.45, 7) is 12.9. The van der Waals surface area contributed by atoms with Crippen molar-refractivity contribution in [1.29, 1.82) is 0 Å². The highest BCUT2D eigenvalue weighted by atomic mass is 35.5. The fraction of sp³-hybridized carbons (Fsp3) is 0.375. The van der Waals surface area contributed by atoms with Crippen molar-refractivity contribution in [1.82, 2.24) is 25.1 Å². The number of halogens is 1. The maximum Gasteiger partial charge on any atom is 0.435 e. The topological polar surface area (TPSA) is 120 Å². The number of aryl methyl sites for hydroxylation is 1. The van der Waals surface area contributed by atoms with Gasteiger partial charge >= 0.3 is 12.2 Å². The Morgan fingerprint density at radius 1 is 1.09 bits per heavy atom. The summed E-state index contributed by atoms with van der Waals surface area (Å²) >= 11 is 8.00. The van der Waals surface area contributed by atoms with Gasteiger partial charge in [-0.05, 0) is 78.6 Å². The Hall–Kier alpha value is -4.09. The highest BCUT2D eigenvalue weighted by Gasteiger charge is 2.25. The van der Waals surface area contributed by atoms with Gasteiger partial charge in [0.1, 0.15) is 28.7 Å². The Balaban J connectivity index is 1.38. The lowest BCUT2D eigenvalue weighted by molar-refractivity contribution is 0.0484. The standard InChI is InChI=1S/C32H36ClN5O5S/c1-18-27-25(38(37-18)30(40)43-32(5,6)7)14-26(44-27)23-13-21(16-35-28(23)33)41-17-20(36-29(39)42-31(2,3)4)12-19-15-34-24-11-9-8-10-22(19)24/h8-11,13-16,20,34H,12,17H2,1-7H3,(H,36,39)/t20-/m1/s1. The summed E-state index contributed by atoms with van der Waals surface area (Å²) in [5, 5.41) is 8.71. The number of carbonyl (C=O) groups excluding carboxylic acids is 2. The predicted octanol–water partition coefficient (Wildman–Crippen LogP) is 7.90. The van der Waals surface area contributed by atoms with Crippen LogP contribution >= 0.6 is 22.9 Å². The highest BCUT2D eigenvalue weighted by Crippen LogP contribution is 2.39. The quantitative estimate of drug-likeness (QED) is 0.174. The number of ether oxygens (including phenoxy) is 3. The number of nitrogens with one attached hydrogen (secondary N) is 2. The third kappa shape index (κ3) is 7.34. The van der Waals surface area contributed by atoms with Crippen molar-refractivity contribution < 1.29 is 23.8 Å². The number of pyridine rings is 1. The van der Waals surface area contributed by atoms with Gasteiger partial charge in [0.05, 0.1) is 28.1 Å². The first kappa shape index (κ1) is 31.3. The molecule has 4 aromatic heterocycles. The Morgan fingerprint density at radius 2 is 1.82 bits per heavy atom. The van der Waals surface area contributed by atoms with Crippen molar-refractivity contribution in [3.63, 3.8) is 0 Å². The zero-order valence-corrected chi connectivity index (χ0v) is 27.4. The molecule has 0 saturated carbocycles. The maximum absolute atomic E-state index is 12.8. The van der Waals surface area contributed by atoms with Crippen LogP contribution in [0.25, 0.3) is 31.6 Å². The van der Waals surface area contributed by atoms with E-state index in [1.807, 2.05) is 85.0 Å². The van der Waals surface area contributed by atoms with Gasteiger partial charge in [-0.1, -0.05) is 29.8 Å². The molecular weight excluding hydrogens is 602 g/mol. The Bertz CT molecular complexity index is 1830. The molecule has 0 spiro atoms. The number of thiophene rings is 1. The molecule has 0 unspecified atom stereocenters. The number of fused-ring (bicyclic) bond motifs is 2. The first-order valence-electron chi connectivity index (χ1n) is 14.2. The molecule has 12 heteroatoms. The Labute approximate surface area is 264 Å². The van der Waals surface area contributed by atoms with Gasteiger partial charge in [-0.2, -0.15) is 9.78 Å². The van der Waals surface area contributed by atoms with Crippen molar-refractivity contribution in [2.24, 2.45) is 0 Å². The number of aromatic nitrogens is 4. The number of hydrogen-bond acceptors (Lipinski definition) is 8. The van der Waals surface area contributed by atoms with Crippen molar-refractivity contribution in [2.45, 2.75) is 72.1 Å². The summed E-state index contributed by atoms with van der Waals surface area (Å²) in [6, 6.07) is 11.2. The largest absolute Gasteiger partial charge is 0.490 e. The normalized spacial score (nSPS) is 12.8. The molecule has 0 aliphatic heterocycles. The Morgan fingerprint density at radius 3 is 2.55 bits per heavy atom. The maximum atomic E-state index is 12.8. The van der Waals surface area contributed by atoms with Gasteiger partial charge in [-0.3, -0.25) is 0 Å². The van der Waals surface area contributed by atoms with Crippen LogP contribution in [0.3, 0.4) is 0 Å². The number of alkyl carbamates (subject to hydrolysis) is 1. The molecule has 0 aliphatic carbocycles. The van der Waals surface area contributed by atoms with E-state index in [4.69, 9.17) is 25.8 Å². The highest BCUT2D eigenvalue weighted by molar-refractivity contribution is 7.22. The van der Waals surface area contributed by atoms with Crippen molar-refractivity contribution in [3.8, 4) is 16.2 Å². The van der Waals surface area contributed by atoms with E-state index < -0.39 is 29.4 Å². The number of hydrogen-bond donors (Lipinski definition) is 2. The molecule has 0 radical (unpaired) electrons. The second-order valence-corrected chi connectivity index (χ2v) is 13.9. The average molecular weight is 638 g/mol. The van der Waals surface area contributed by atoms with Gasteiger partial charge in [-0.25, -0.2) is 14.6 Å². The van der Waals surface area contributed by atoms with E-state index in [0.29, 0.717) is 28.9 Å². The second-order valence-electron chi connectivity index (χ2n) is 12.5. The molecule has 5 rings (SSSR count). The van der Waals surface area contributed by atoms with Crippen LogP contribution in [-0.4, -0.2) is 55.8 Å². The monoisotopic (exact) mass is 637 g/mol. The van der Waals surface area contributed by atoms with E-state index in [9.17, 15) is 9.59 Å². The third-order valence-electron chi connectivity index (χ3n) is 6.48. The average Bonchev–Trinajstić information content (AvgIpc) is 3.61. The minimum absolute atomic E-state index is 0.153. The van der Waals surface area contributed by atoms with E-state index in [-0.39, 0.29) is 11.8 Å². The molecular formula is C32H36ClN5O5S. The molecule has 1 amide bonds. The SMILES string of the molecule is Cc1nn(C(=O)OC(C)(C)C)c2cc(-c3cc(OC[C@@H](Cc4c[nH]c5ccccc45)NC(=O)OC(C)(C)C)cnc3Cl)sc12. The Kier molecular flexibility index (Phi) is 8.64. The van der Waals surface area contributed by atoms with Crippen LogP contribution in [0.1, 0.15) is 52.8 Å². The summed E-state index contributed by atoms with van der Waals surface area (Å²) in [7, 11) is 0. The number of benzene rings is 1. The first-order valence-corrected chi connectivity index (χ1v) is 15.4. The summed E-state index contributed by atoms with van der Waals surface area (Å²) in [4.78, 5) is 34.0. The second kappa shape index (κ2) is 12.1. The van der Waals surface area contributed by atoms with Crippen LogP contribution in [0.5, 0.6) is 5.75 Å². The number of amides is 1. The van der Waals surface area contributed by atoms with Crippen LogP contribution in [0.4, 0.5) is 9.59 Å². The van der Waals surface area contributed by atoms with Gasteiger partial charge in [-0.15, -0.1) is 11.3 Å². The number of carbonyl (C=O) groups is 2. The van der Waals surface area contributed by atoms with Crippen LogP contribution in [0, 0.1) is 6.92 Å². The number of H-pyrrole nitrogens is 1. The number of rotatable bonds is 7. The first-order chi connectivity index (χ1) is 20.7. The fourth-order valence-electron chi connectivity index (χ4n) is 4.69. The zero-order valence-electron chi connectivity index (χ0n) is 25.8. The summed E-state index contributed by atoms with van der Waals surface area (Å²) < 4.78 is 19.4. The molecule has 10 nitrogen and oxygen atoms in total. The minimum Gasteiger partial charge on any atom is -0.490 e. The van der Waals surface area contributed by atoms with E-state index in [2.05, 4.69) is 20.4 Å². The van der Waals surface area contributed by atoms with Crippen LogP contribution in [-0.2, 0) is 15.9 Å². The molecule has 5 aromatic rings. The molecule has 0 fully saturated rings. The molecule has 0 aliphatic rings. The molecule has 0 saturated heterocycles. The smallest absolute Gasteiger partial charge is 0.435 e. The summed E-state index contributed by atoms with van der Waals surface area (Å²) in [5.74, 6) is 0.474. The zero-order chi connectivity index (χ0) is 31.8. The van der Waals surface area contributed by atoms with Crippen LogP contribution < -0.4 is 10.1 Å². The molecule has 2 N–H and O–H groups in total. The molecule has 44 heavy (non-hydrogen) atoms. The van der Waals surface area contributed by atoms with Crippen LogP contribution in [0.15, 0.2) is 48.8 Å². The predicted molar refractivity (Wildman–Crippen MR) is 173 cm³/mol. The van der Waals surface area contributed by atoms with Gasteiger partial charge in [0.2, 0.25) is 0 Å². The molecule has 0 bridgehead atoms. The van der Waals surface area contributed by atoms with Crippen molar-refractivity contribution in [3.05, 3.63) is 65.2 Å². The summed E-state index contributed by atoms with van der Waals surface area (Å²) in [6.07, 6.45) is 2.91. The molecule has 4 heterocycles. The third-order valence-corrected chi connectivity index (χ3v) is 8.05. The van der Waals surface area contributed by atoms with Gasteiger partial charge < -0.3 is 24.5 Å². The molecule has 1 aromatic carbocycles. The minimum atomic E-state index is -0.661. The van der Waals surface area contributed by atoms with Crippen molar-refractivity contribution in [2.75, 3.05) is 6.61 Å². The van der Waals surface area contributed by atoms with E-state index in [1.54, 1.807) is 12.3 Å². The molecule has 232 valence electrons. The van der Waals surface area contributed by atoms with Crippen molar-refractivity contribution >= 4 is 56.2 Å². The lowest BCUT2D eigenvalue weighted by atomic mass is 10.1. The van der Waals surface area contributed by atoms with Gasteiger partial charge in [0.15, 0.2) is 0 Å². The number of nitrogens with zero attached hydrogens (tertiary/aromatic N) is 3. The van der Waals surface area contributed by atoms with E-state index in [0.717, 1.165) is 26.0 Å². The van der Waals surface area contributed by atoms with E-state index in [1.165, 1.54) is 16.0 Å². The van der Waals surface area contributed by atoms with Crippen LogP contribution in [0.2, 0.25) is 5.15 Å². The molecule has 1 atom stereocenters. The lowest BCUT2D eigenvalue weighted by Gasteiger charge is -2.24. The number of para-hydroxylation sites is 1. The fourth-order valence-corrected chi connectivity index (χ4v) is 6.05. The lowest BCUT2D eigenvalue weighted by Crippen LogP contribution is -2.43. The number of aromatic amines is 1. The van der Waals surface area contributed by atoms with Gasteiger partial charge in [0, 0.05) is 27.5 Å².